The molecule has 0 atom stereocenters. The summed E-state index contributed by atoms with van der Waals surface area (Å²) in [6.45, 7) is 0.577. The zero-order valence-electron chi connectivity index (χ0n) is 13.4. The van der Waals surface area contributed by atoms with E-state index in [4.69, 9.17) is 5.11 Å². The third kappa shape index (κ3) is 19.2. The molecule has 0 rings (SSSR count). The van der Waals surface area contributed by atoms with E-state index in [1.165, 1.54) is 64.2 Å². The van der Waals surface area contributed by atoms with Gasteiger partial charge in [0, 0.05) is 6.61 Å². The second-order valence-corrected chi connectivity index (χ2v) is 5.73. The van der Waals surface area contributed by atoms with Crippen LogP contribution in [-0.2, 0) is 4.84 Å². The second kappa shape index (κ2) is 17.2. The Morgan fingerprint density at radius 1 is 0.667 bits per heavy atom. The van der Waals surface area contributed by atoms with Crippen molar-refractivity contribution in [1.29, 1.82) is 0 Å². The Bertz CT molecular complexity index is 224. The molecule has 0 amide bonds. The highest BCUT2D eigenvalue weighted by molar-refractivity contribution is 4.49. The van der Waals surface area contributed by atoms with Gasteiger partial charge in [-0.3, -0.25) is 0 Å². The van der Waals surface area contributed by atoms with Crippen LogP contribution in [0.2, 0.25) is 0 Å². The van der Waals surface area contributed by atoms with Crippen molar-refractivity contribution >= 4 is 0 Å². The van der Waals surface area contributed by atoms with Crippen LogP contribution < -0.4 is 0 Å². The Morgan fingerprint density at radius 2 is 1.00 bits per heavy atom. The third-order valence-electron chi connectivity index (χ3n) is 3.75. The molecule has 0 heterocycles. The second-order valence-electron chi connectivity index (χ2n) is 5.73. The topological polar surface area (TPSA) is 72.6 Å². The quantitative estimate of drug-likeness (QED) is 0.241. The van der Waals surface area contributed by atoms with Crippen molar-refractivity contribution in [2.75, 3.05) is 13.2 Å². The van der Waals surface area contributed by atoms with E-state index in [0.717, 1.165) is 25.7 Å². The lowest BCUT2D eigenvalue weighted by atomic mass is 10.0. The van der Waals surface area contributed by atoms with Crippen LogP contribution in [0.3, 0.4) is 0 Å². The van der Waals surface area contributed by atoms with Gasteiger partial charge in [0.05, 0.1) is 6.61 Å². The van der Waals surface area contributed by atoms with Crippen molar-refractivity contribution in [3.05, 3.63) is 10.1 Å². The standard InChI is InChI=1S/C16H33NO4/c18-15-13-11-9-7-5-3-1-2-4-6-8-10-12-14-16-21-17(19)20/h18H,1-16H2. The fourth-order valence-electron chi connectivity index (χ4n) is 2.47. The average Bonchev–Trinajstić information content (AvgIpc) is 2.46. The lowest BCUT2D eigenvalue weighted by molar-refractivity contribution is -0.757. The van der Waals surface area contributed by atoms with Crippen molar-refractivity contribution in [1.82, 2.24) is 0 Å². The minimum atomic E-state index is -0.716. The van der Waals surface area contributed by atoms with Gasteiger partial charge in [-0.25, -0.2) is 0 Å². The maximum Gasteiger partial charge on any atom is 0.294 e. The molecule has 5 heteroatoms. The number of aliphatic hydroxyl groups excluding tert-OH is 1. The zero-order chi connectivity index (χ0) is 15.6. The molecular weight excluding hydrogens is 270 g/mol. The van der Waals surface area contributed by atoms with Crippen LogP contribution in [0, 0.1) is 10.1 Å². The Hall–Kier alpha value is -0.840. The van der Waals surface area contributed by atoms with E-state index >= 15 is 0 Å². The van der Waals surface area contributed by atoms with Gasteiger partial charge in [0.2, 0.25) is 0 Å². The van der Waals surface area contributed by atoms with Gasteiger partial charge < -0.3 is 9.94 Å². The van der Waals surface area contributed by atoms with Crippen molar-refractivity contribution in [3.8, 4) is 0 Å². The largest absolute Gasteiger partial charge is 0.396 e. The molecule has 0 saturated carbocycles. The van der Waals surface area contributed by atoms with Gasteiger partial charge in [-0.05, 0) is 12.8 Å². The molecule has 0 aliphatic carbocycles. The van der Waals surface area contributed by atoms with Crippen LogP contribution in [0.25, 0.3) is 0 Å². The van der Waals surface area contributed by atoms with Crippen molar-refractivity contribution in [2.45, 2.75) is 89.9 Å². The number of hydrogen-bond acceptors (Lipinski definition) is 4. The summed E-state index contributed by atoms with van der Waals surface area (Å²) >= 11 is 0. The number of hydrogen-bond donors (Lipinski definition) is 1. The maximum atomic E-state index is 9.92. The molecule has 0 aliphatic rings. The normalized spacial score (nSPS) is 10.7. The summed E-state index contributed by atoms with van der Waals surface area (Å²) in [6.07, 6.45) is 16.9. The molecule has 0 radical (unpaired) electrons. The van der Waals surface area contributed by atoms with Gasteiger partial charge in [-0.15, -0.1) is 10.1 Å². The lowest BCUT2D eigenvalue weighted by Gasteiger charge is -2.03. The first-order valence-electron chi connectivity index (χ1n) is 8.65. The van der Waals surface area contributed by atoms with Gasteiger partial charge in [-0.1, -0.05) is 77.0 Å². The molecule has 0 unspecified atom stereocenters. The third-order valence-corrected chi connectivity index (χ3v) is 3.75. The van der Waals surface area contributed by atoms with Gasteiger partial charge in [0.15, 0.2) is 0 Å². The zero-order valence-corrected chi connectivity index (χ0v) is 13.4. The first kappa shape index (κ1) is 20.2. The molecule has 0 aromatic carbocycles. The smallest absolute Gasteiger partial charge is 0.294 e. The Balaban J connectivity index is 2.95. The average molecular weight is 303 g/mol. The van der Waals surface area contributed by atoms with Crippen molar-refractivity contribution in [2.24, 2.45) is 0 Å². The summed E-state index contributed by atoms with van der Waals surface area (Å²) in [5.41, 5.74) is 0. The molecule has 21 heavy (non-hydrogen) atoms. The fraction of sp³-hybridized carbons (Fsp3) is 1.00. The predicted molar refractivity (Wildman–Crippen MR) is 84.7 cm³/mol. The minimum absolute atomic E-state index is 0.241. The van der Waals surface area contributed by atoms with E-state index in [-0.39, 0.29) is 6.61 Å². The van der Waals surface area contributed by atoms with Crippen LogP contribution in [-0.4, -0.2) is 23.4 Å². The fourth-order valence-corrected chi connectivity index (χ4v) is 2.47. The van der Waals surface area contributed by atoms with Crippen LogP contribution in [0.4, 0.5) is 0 Å². The Kier molecular flexibility index (Phi) is 16.5. The van der Waals surface area contributed by atoms with Gasteiger partial charge >= 0.3 is 0 Å². The van der Waals surface area contributed by atoms with Crippen LogP contribution in [0.15, 0.2) is 0 Å². The maximum absolute atomic E-state index is 9.92. The number of unbranched alkanes of at least 4 members (excludes halogenated alkanes) is 13. The predicted octanol–water partition coefficient (Wildman–Crippen LogP) is 4.65. The molecular formula is C16H33NO4. The Labute approximate surface area is 129 Å². The summed E-state index contributed by atoms with van der Waals surface area (Å²) in [6, 6.07) is 0. The minimum Gasteiger partial charge on any atom is -0.396 e. The summed E-state index contributed by atoms with van der Waals surface area (Å²) in [7, 11) is 0. The van der Waals surface area contributed by atoms with Crippen molar-refractivity contribution in [3.63, 3.8) is 0 Å². The number of rotatable bonds is 17. The highest BCUT2D eigenvalue weighted by atomic mass is 16.9. The number of aliphatic hydroxyl groups is 1. The first-order valence-corrected chi connectivity index (χ1v) is 8.65. The monoisotopic (exact) mass is 303 g/mol. The van der Waals surface area contributed by atoms with E-state index in [1.54, 1.807) is 0 Å². The molecule has 0 fully saturated rings. The lowest BCUT2D eigenvalue weighted by Crippen LogP contribution is -2.01. The summed E-state index contributed by atoms with van der Waals surface area (Å²) in [5.74, 6) is 0. The van der Waals surface area contributed by atoms with Crippen LogP contribution in [0.1, 0.15) is 89.9 Å². The molecule has 126 valence electrons. The van der Waals surface area contributed by atoms with Gasteiger partial charge in [0.25, 0.3) is 5.09 Å². The van der Waals surface area contributed by atoms with E-state index < -0.39 is 5.09 Å². The molecule has 0 spiro atoms. The SMILES string of the molecule is O=[N+]([O-])OCCCCCCCCCCCCCCCCO. The van der Waals surface area contributed by atoms with E-state index in [0.29, 0.717) is 6.61 Å². The molecule has 0 bridgehead atoms. The highest BCUT2D eigenvalue weighted by Crippen LogP contribution is 2.12. The molecule has 0 aliphatic heterocycles. The van der Waals surface area contributed by atoms with E-state index in [1.807, 2.05) is 0 Å². The molecule has 0 aromatic rings. The van der Waals surface area contributed by atoms with Crippen LogP contribution in [0.5, 0.6) is 0 Å². The first-order chi connectivity index (χ1) is 10.3. The summed E-state index contributed by atoms with van der Waals surface area (Å²) in [5, 5.41) is 17.9. The molecule has 0 aromatic heterocycles. The van der Waals surface area contributed by atoms with E-state index in [2.05, 4.69) is 4.84 Å². The highest BCUT2D eigenvalue weighted by Gasteiger charge is 1.96. The van der Waals surface area contributed by atoms with Gasteiger partial charge in [-0.2, -0.15) is 0 Å². The molecule has 1 N–H and O–H groups in total. The molecule has 5 nitrogen and oxygen atoms in total. The summed E-state index contributed by atoms with van der Waals surface area (Å²) < 4.78 is 0. The van der Waals surface area contributed by atoms with Crippen molar-refractivity contribution < 1.29 is 15.0 Å². The van der Waals surface area contributed by atoms with Gasteiger partial charge in [0.1, 0.15) is 0 Å². The van der Waals surface area contributed by atoms with E-state index in [9.17, 15) is 10.1 Å². The van der Waals surface area contributed by atoms with Crippen LogP contribution >= 0.6 is 0 Å². The Morgan fingerprint density at radius 3 is 1.33 bits per heavy atom. The number of nitrogens with zero attached hydrogens (tertiary/aromatic N) is 1. The summed E-state index contributed by atoms with van der Waals surface area (Å²) in [4.78, 5) is 14.2. The molecule has 0 saturated heterocycles.